The Morgan fingerprint density at radius 1 is 0.400 bits per heavy atom. The second-order valence-electron chi connectivity index (χ2n) is 23.7. The van der Waals surface area contributed by atoms with Crippen LogP contribution in [-0.2, 0) is 36.8 Å². The molecule has 10 rings (SSSR count). The van der Waals surface area contributed by atoms with Gasteiger partial charge in [-0.3, -0.25) is 0 Å². The normalized spacial score (nSPS) is 17.4. The van der Waals surface area contributed by atoms with E-state index in [9.17, 15) is 54.8 Å². The van der Waals surface area contributed by atoms with Gasteiger partial charge in [0.05, 0.1) is 0 Å². The molecule has 85 heavy (non-hydrogen) atoms. The van der Waals surface area contributed by atoms with Gasteiger partial charge in [-0.1, -0.05) is 0 Å². The Morgan fingerprint density at radius 3 is 0.847 bits per heavy atom. The average molecular weight is 1210 g/mol. The molecule has 8 aromatic carbocycles. The number of aromatic hydroxyl groups is 2. The zero-order chi connectivity index (χ0) is 61.4. The molecule has 0 radical (unpaired) electrons. The fourth-order valence-electron chi connectivity index (χ4n) is 12.0. The molecule has 2 fully saturated rings. The van der Waals surface area contributed by atoms with Crippen molar-refractivity contribution in [3.8, 4) is 11.5 Å². The molecule has 8 aromatic rings. The van der Waals surface area contributed by atoms with Crippen molar-refractivity contribution in [2.45, 2.75) is 125 Å². The molecular weight excluding hydrogens is 1150 g/mol. The molecule has 1 heterocycles. The monoisotopic (exact) mass is 1210 g/mol. The Labute approximate surface area is 496 Å². The minimum Gasteiger partial charge on any atom is -0.795 e. The van der Waals surface area contributed by atoms with Gasteiger partial charge in [0, 0.05) is 0 Å². The molecule has 1 aliphatic carbocycles. The summed E-state index contributed by atoms with van der Waals surface area (Å²) in [6, 6.07) is 74.4. The van der Waals surface area contributed by atoms with Crippen molar-refractivity contribution in [3.05, 3.63) is 273 Å². The van der Waals surface area contributed by atoms with E-state index in [4.69, 9.17) is 0 Å². The Morgan fingerprint density at radius 2 is 0.647 bits per heavy atom. The van der Waals surface area contributed by atoms with Gasteiger partial charge in [0.25, 0.3) is 0 Å². The molecule has 2 unspecified atom stereocenters. The van der Waals surface area contributed by atoms with Gasteiger partial charge in [0.1, 0.15) is 0 Å². The molecular formula is C70H66CoF9N2O3+. The van der Waals surface area contributed by atoms with E-state index >= 15 is 0 Å². The number of nitrogens with zero attached hydrogens (tertiary/aromatic N) is 2. The van der Waals surface area contributed by atoms with Crippen LogP contribution in [0, 0.1) is 0 Å². The van der Waals surface area contributed by atoms with Crippen molar-refractivity contribution >= 4 is 12.4 Å². The van der Waals surface area contributed by atoms with Gasteiger partial charge >= 0.3 is 449 Å². The summed E-state index contributed by atoms with van der Waals surface area (Å²) < 4.78 is 108. The maximum Gasteiger partial charge on any atom is 0.436 e. The Bertz CT molecular complexity index is 3210. The maximum atomic E-state index is 12.6. The zero-order valence-electron chi connectivity index (χ0n) is 47.7. The van der Waals surface area contributed by atoms with Gasteiger partial charge in [0.15, 0.2) is 0 Å². The van der Waals surface area contributed by atoms with Crippen LogP contribution in [0.3, 0.4) is 0 Å². The number of hydrogen-bond acceptors (Lipinski definition) is 3. The fourth-order valence-corrected chi connectivity index (χ4v) is 13.6. The fraction of sp³-hybridized carbons (Fsp3) is 0.286. The molecule has 0 aromatic heterocycles. The van der Waals surface area contributed by atoms with E-state index in [1.54, 1.807) is 0 Å². The molecule has 2 aliphatic rings. The maximum absolute atomic E-state index is 12.6. The van der Waals surface area contributed by atoms with Crippen molar-refractivity contribution in [2.24, 2.45) is 0 Å². The summed E-state index contributed by atoms with van der Waals surface area (Å²) >= 11 is 1.02. The van der Waals surface area contributed by atoms with Crippen LogP contribution in [0.5, 0.6) is 11.5 Å². The smallest absolute Gasteiger partial charge is 0.436 e. The summed E-state index contributed by atoms with van der Waals surface area (Å²) in [5.74, 6) is 0.626. The van der Waals surface area contributed by atoms with E-state index in [-0.39, 0.29) is 22.9 Å². The van der Waals surface area contributed by atoms with Crippen molar-refractivity contribution in [1.29, 1.82) is 0 Å². The van der Waals surface area contributed by atoms with Crippen molar-refractivity contribution in [2.75, 3.05) is 0 Å². The SMILES string of the molecule is CC(C)(C)c1cc(C(c2ccccc2)(c2ccccc2)c2ccccc2)cc(C=[N+]2[Co][N+](=Cc3cc(C(c4ccccc4)(c4ccccc4)c4ccccc4)cc(C(C)(C)C)c3O)C3CCCCC32)c1O.[O-]C(F)(F)C(F)(C(F)(F)F)C(F)(F)F. The predicted octanol–water partition coefficient (Wildman–Crippen LogP) is 16.0. The first-order valence-corrected chi connectivity index (χ1v) is 28.9. The minimum absolute atomic E-state index is 0.202. The Kier molecular flexibility index (Phi) is 17.4. The summed E-state index contributed by atoms with van der Waals surface area (Å²) in [6.45, 7) is 13.2. The third kappa shape index (κ3) is 11.7. The van der Waals surface area contributed by atoms with E-state index in [1.165, 1.54) is 0 Å². The van der Waals surface area contributed by atoms with Crippen molar-refractivity contribution in [3.63, 3.8) is 0 Å². The number of rotatable bonds is 11. The first-order chi connectivity index (χ1) is 40.1. The number of benzene rings is 8. The first-order valence-electron chi connectivity index (χ1n) is 27.9. The van der Waals surface area contributed by atoms with Gasteiger partial charge < -0.3 is 5.11 Å². The zero-order valence-corrected chi connectivity index (χ0v) is 48.7. The largest absolute Gasteiger partial charge is 0.795 e. The molecule has 0 spiro atoms. The van der Waals surface area contributed by atoms with E-state index in [0.717, 1.165) is 108 Å². The third-order valence-corrected chi connectivity index (χ3v) is 17.6. The first kappa shape index (κ1) is 62.1. The van der Waals surface area contributed by atoms with Crippen LogP contribution >= 0.6 is 0 Å². The average Bonchev–Trinajstić information content (AvgIpc) is 1.41. The summed E-state index contributed by atoms with van der Waals surface area (Å²) in [4.78, 5) is 0. The van der Waals surface area contributed by atoms with Crippen LogP contribution in [0.25, 0.3) is 0 Å². The van der Waals surface area contributed by atoms with Gasteiger partial charge in [-0.25, -0.2) is 13.2 Å². The Balaban J connectivity index is 0.000000548. The van der Waals surface area contributed by atoms with Gasteiger partial charge in [-0.2, -0.15) is 26.3 Å². The summed E-state index contributed by atoms with van der Waals surface area (Å²) in [6.07, 6.45) is -12.1. The number of phenolic OH excluding ortho intramolecular Hbond substituents is 2. The molecule has 1 saturated carbocycles. The van der Waals surface area contributed by atoms with Gasteiger partial charge in [-0.05, 0) is 0 Å². The van der Waals surface area contributed by atoms with Gasteiger partial charge in [-0.15, -0.1) is 0 Å². The van der Waals surface area contributed by atoms with E-state index in [1.807, 2.05) is 0 Å². The number of halogens is 9. The molecule has 2 N–H and O–H groups in total. The summed E-state index contributed by atoms with van der Waals surface area (Å²) in [5, 5.41) is 34.5. The molecule has 5 nitrogen and oxygen atoms in total. The number of fused-ring (bicyclic) bond motifs is 1. The third-order valence-electron chi connectivity index (χ3n) is 16.1. The van der Waals surface area contributed by atoms with E-state index in [2.05, 4.69) is 267 Å². The number of phenols is 2. The molecule has 445 valence electrons. The van der Waals surface area contributed by atoms with E-state index < -0.39 is 35.0 Å². The molecule has 15 heteroatoms. The van der Waals surface area contributed by atoms with Crippen molar-refractivity contribution < 1.29 is 77.2 Å². The molecule has 0 amide bonds. The van der Waals surface area contributed by atoms with Crippen LogP contribution in [-0.4, -0.2) is 66.1 Å². The van der Waals surface area contributed by atoms with Crippen LogP contribution in [0.4, 0.5) is 39.5 Å². The molecule has 0 bridgehead atoms. The van der Waals surface area contributed by atoms with Crippen molar-refractivity contribution in [1.82, 2.24) is 0 Å². The molecule has 1 aliphatic heterocycles. The van der Waals surface area contributed by atoms with E-state index in [0.29, 0.717) is 11.5 Å². The van der Waals surface area contributed by atoms with Gasteiger partial charge in [0.2, 0.25) is 6.11 Å². The second-order valence-corrected chi connectivity index (χ2v) is 25.0. The second kappa shape index (κ2) is 23.8. The Hall–Kier alpha value is -7.46. The van der Waals surface area contributed by atoms with Crippen LogP contribution in [0.2, 0.25) is 0 Å². The summed E-state index contributed by atoms with van der Waals surface area (Å²) in [5.41, 5.74) is 3.41. The standard InChI is InChI=1S/C66H66N2O2.C4F9O.Co/c1-63(2,3)57-43-55(65(49-27-13-7-14-28-49,50-29-15-8-16-30-50)51-31-17-9-18-32-51)41-47(61(57)69)45-67-59-39-25-26-40-60(59)68-46-48-42-56(44-58(62(48)70)64(4,5)6)66(52-33-19-10-20-34-52,53-35-21-11-22-36-53)54-37-23-12-24-38-54;5-1(2(6,7)8,3(9,10)11)4(12,13)14;/h7-24,27-38,41-46,59-60,69-70H,25-26,39-40H2,1-6H3;;/q;-1;+2. The summed E-state index contributed by atoms with van der Waals surface area (Å²) in [7, 11) is 0. The van der Waals surface area contributed by atoms with Crippen LogP contribution in [0.1, 0.15) is 134 Å². The molecule has 1 saturated heterocycles. The number of alkyl halides is 9. The quantitative estimate of drug-likeness (QED) is 0.100. The number of hydrogen-bond donors (Lipinski definition) is 2. The van der Waals surface area contributed by atoms with Crippen LogP contribution in [0.15, 0.2) is 206 Å². The van der Waals surface area contributed by atoms with Crippen LogP contribution < -0.4 is 5.11 Å². The minimum atomic E-state index is -7.08. The predicted molar refractivity (Wildman–Crippen MR) is 308 cm³/mol. The molecule has 2 atom stereocenters. The topological polar surface area (TPSA) is 69.5 Å².